The molecule has 0 spiro atoms. The molecule has 1 aromatic heterocycles. The van der Waals surface area contributed by atoms with Crippen molar-refractivity contribution in [2.24, 2.45) is 0 Å². The van der Waals surface area contributed by atoms with Crippen LogP contribution in [0.4, 0.5) is 5.69 Å². The van der Waals surface area contributed by atoms with Crippen LogP contribution in [0.15, 0.2) is 122 Å². The van der Waals surface area contributed by atoms with Gasteiger partial charge in [0.15, 0.2) is 18.2 Å². The van der Waals surface area contributed by atoms with E-state index >= 15 is 0 Å². The number of ketones is 1. The fourth-order valence-electron chi connectivity index (χ4n) is 3.91. The number of hydrogen-bond donors (Lipinski definition) is 2. The molecule has 5 heteroatoms. The molecule has 2 atom stereocenters. The zero-order valence-corrected chi connectivity index (χ0v) is 18.2. The fraction of sp³-hybridized carbons (Fsp3) is 0.107. The van der Waals surface area contributed by atoms with E-state index in [0.29, 0.717) is 5.56 Å². The van der Waals surface area contributed by atoms with Crippen molar-refractivity contribution in [1.29, 1.82) is 0 Å². The molecule has 0 bridgehead atoms. The maximum Gasteiger partial charge on any atom is 0.308 e. The Kier molecular flexibility index (Phi) is 7.23. The molecule has 1 heterocycles. The quantitative estimate of drug-likeness (QED) is 0.227. The molecule has 4 aromatic rings. The van der Waals surface area contributed by atoms with Crippen molar-refractivity contribution in [1.82, 2.24) is 5.43 Å². The SMILES string of the molecule is O=C(CC(c1ccccc1)C(C(=O)NNc1ccccc1)[n+]1ccccc1)c1ccccc1. The second kappa shape index (κ2) is 10.9. The number of hydrogen-bond acceptors (Lipinski definition) is 3. The average Bonchev–Trinajstić information content (AvgIpc) is 2.89. The molecule has 5 nitrogen and oxygen atoms in total. The van der Waals surface area contributed by atoms with Gasteiger partial charge in [0.25, 0.3) is 0 Å². The van der Waals surface area contributed by atoms with Crippen LogP contribution >= 0.6 is 0 Å². The smallest absolute Gasteiger partial charge is 0.298 e. The number of benzene rings is 3. The molecule has 3 aromatic carbocycles. The molecular formula is C28H26N3O2+. The molecule has 1 amide bonds. The molecule has 2 unspecified atom stereocenters. The third-order valence-corrected chi connectivity index (χ3v) is 5.54. The summed E-state index contributed by atoms with van der Waals surface area (Å²) in [5, 5.41) is 0. The van der Waals surface area contributed by atoms with Crippen molar-refractivity contribution < 1.29 is 14.2 Å². The number of nitrogens with zero attached hydrogens (tertiary/aromatic N) is 1. The van der Waals surface area contributed by atoms with E-state index in [9.17, 15) is 9.59 Å². The highest BCUT2D eigenvalue weighted by Crippen LogP contribution is 2.30. The van der Waals surface area contributed by atoms with E-state index in [1.165, 1.54) is 0 Å². The van der Waals surface area contributed by atoms with Gasteiger partial charge in [-0.05, 0) is 17.7 Å². The topological polar surface area (TPSA) is 62.1 Å². The van der Waals surface area contributed by atoms with Gasteiger partial charge in [0, 0.05) is 24.1 Å². The van der Waals surface area contributed by atoms with Gasteiger partial charge in [-0.2, -0.15) is 4.57 Å². The van der Waals surface area contributed by atoms with Crippen molar-refractivity contribution >= 4 is 17.4 Å². The van der Waals surface area contributed by atoms with Crippen LogP contribution in [-0.2, 0) is 4.79 Å². The number of rotatable bonds is 9. The number of carbonyl (C=O) groups is 2. The van der Waals surface area contributed by atoms with Gasteiger partial charge < -0.3 is 0 Å². The van der Waals surface area contributed by atoms with Gasteiger partial charge in [-0.25, -0.2) is 0 Å². The molecule has 0 saturated heterocycles. The number of hydrazine groups is 1. The first kappa shape index (κ1) is 22.0. The highest BCUT2D eigenvalue weighted by molar-refractivity contribution is 5.97. The number of carbonyl (C=O) groups excluding carboxylic acids is 2. The maximum absolute atomic E-state index is 13.5. The van der Waals surface area contributed by atoms with Gasteiger partial charge in [-0.1, -0.05) is 84.9 Å². The van der Waals surface area contributed by atoms with Crippen molar-refractivity contribution in [3.63, 3.8) is 0 Å². The van der Waals surface area contributed by atoms with Gasteiger partial charge in [-0.3, -0.25) is 20.4 Å². The predicted octanol–water partition coefficient (Wildman–Crippen LogP) is 4.72. The molecule has 0 aliphatic heterocycles. The second-order valence-electron chi connectivity index (χ2n) is 7.76. The van der Waals surface area contributed by atoms with Gasteiger partial charge in [0.05, 0.1) is 11.6 Å². The van der Waals surface area contributed by atoms with Crippen molar-refractivity contribution in [3.8, 4) is 0 Å². The molecule has 0 radical (unpaired) electrons. The Hall–Kier alpha value is -4.25. The largest absolute Gasteiger partial charge is 0.308 e. The van der Waals surface area contributed by atoms with Crippen LogP contribution in [0.3, 0.4) is 0 Å². The van der Waals surface area contributed by atoms with Gasteiger partial charge >= 0.3 is 5.91 Å². The number of nitrogens with one attached hydrogen (secondary N) is 2. The zero-order chi connectivity index (χ0) is 22.9. The minimum absolute atomic E-state index is 0.00481. The van der Waals surface area contributed by atoms with Crippen LogP contribution in [0.1, 0.15) is 34.3 Å². The second-order valence-corrected chi connectivity index (χ2v) is 7.76. The van der Waals surface area contributed by atoms with Crippen LogP contribution in [0, 0.1) is 0 Å². The lowest BCUT2D eigenvalue weighted by Gasteiger charge is -2.23. The Bertz CT molecular complexity index is 1170. The fourth-order valence-corrected chi connectivity index (χ4v) is 3.91. The summed E-state index contributed by atoms with van der Waals surface area (Å²) in [6.45, 7) is 0. The summed E-state index contributed by atoms with van der Waals surface area (Å²) in [6, 6.07) is 33.4. The third kappa shape index (κ3) is 5.71. The third-order valence-electron chi connectivity index (χ3n) is 5.54. The monoisotopic (exact) mass is 436 g/mol. The Labute approximate surface area is 193 Å². The summed E-state index contributed by atoms with van der Waals surface area (Å²) in [5.74, 6) is -0.608. The van der Waals surface area contributed by atoms with Crippen molar-refractivity contribution in [2.45, 2.75) is 18.4 Å². The van der Waals surface area contributed by atoms with Crippen LogP contribution in [0.25, 0.3) is 0 Å². The normalized spacial score (nSPS) is 12.4. The Morgan fingerprint density at radius 1 is 0.697 bits per heavy atom. The standard InChI is InChI=1S/C28H25N3O2/c32-26(23-15-7-2-8-16-23)21-25(22-13-5-1-6-14-22)27(31-19-11-4-12-20-31)28(33)30-29-24-17-9-3-10-18-24/h1-20,25,27,29H,21H2/p+1. The van der Waals surface area contributed by atoms with Gasteiger partial charge in [0.1, 0.15) is 0 Å². The van der Waals surface area contributed by atoms with Gasteiger partial charge in [0.2, 0.25) is 6.04 Å². The van der Waals surface area contributed by atoms with Crippen LogP contribution < -0.4 is 15.4 Å². The van der Waals surface area contributed by atoms with Crippen molar-refractivity contribution in [3.05, 3.63) is 133 Å². The summed E-state index contributed by atoms with van der Waals surface area (Å²) in [4.78, 5) is 26.8. The average molecular weight is 437 g/mol. The number of aromatic nitrogens is 1. The summed E-state index contributed by atoms with van der Waals surface area (Å²) in [5.41, 5.74) is 8.17. The number of anilines is 1. The lowest BCUT2D eigenvalue weighted by atomic mass is 9.85. The van der Waals surface area contributed by atoms with E-state index in [2.05, 4.69) is 10.9 Å². The Morgan fingerprint density at radius 2 is 1.24 bits per heavy atom. The molecule has 2 N–H and O–H groups in total. The van der Waals surface area contributed by atoms with E-state index in [-0.39, 0.29) is 24.0 Å². The molecular weight excluding hydrogens is 410 g/mol. The van der Waals surface area contributed by atoms with E-state index in [4.69, 9.17) is 0 Å². The molecule has 0 aliphatic carbocycles. The Morgan fingerprint density at radius 3 is 1.88 bits per heavy atom. The highest BCUT2D eigenvalue weighted by Gasteiger charge is 2.38. The van der Waals surface area contributed by atoms with E-state index < -0.39 is 6.04 Å². The first-order valence-corrected chi connectivity index (χ1v) is 10.9. The minimum atomic E-state index is -0.641. The molecule has 0 fully saturated rings. The van der Waals surface area contributed by atoms with E-state index in [1.54, 1.807) is 0 Å². The first-order valence-electron chi connectivity index (χ1n) is 10.9. The Balaban J connectivity index is 1.68. The summed E-state index contributed by atoms with van der Waals surface area (Å²) >= 11 is 0. The number of para-hydroxylation sites is 1. The maximum atomic E-state index is 13.5. The van der Waals surface area contributed by atoms with Gasteiger partial charge in [-0.15, -0.1) is 0 Å². The molecule has 0 saturated carbocycles. The zero-order valence-electron chi connectivity index (χ0n) is 18.2. The lowest BCUT2D eigenvalue weighted by molar-refractivity contribution is -0.712. The molecule has 0 aliphatic rings. The summed E-state index contributed by atoms with van der Waals surface area (Å²) < 4.78 is 1.86. The van der Waals surface area contributed by atoms with Crippen LogP contribution in [-0.4, -0.2) is 11.7 Å². The van der Waals surface area contributed by atoms with Crippen LogP contribution in [0.5, 0.6) is 0 Å². The summed E-state index contributed by atoms with van der Waals surface area (Å²) in [7, 11) is 0. The lowest BCUT2D eigenvalue weighted by Crippen LogP contribution is -2.52. The molecule has 4 rings (SSSR count). The number of Topliss-reactive ketones (excluding diaryl/α,β-unsaturated/α-hetero) is 1. The van der Waals surface area contributed by atoms with E-state index in [0.717, 1.165) is 11.3 Å². The summed E-state index contributed by atoms with van der Waals surface area (Å²) in [6.07, 6.45) is 3.91. The molecule has 164 valence electrons. The predicted molar refractivity (Wildman–Crippen MR) is 128 cm³/mol. The number of amides is 1. The minimum Gasteiger partial charge on any atom is -0.298 e. The highest BCUT2D eigenvalue weighted by atomic mass is 16.2. The van der Waals surface area contributed by atoms with Crippen molar-refractivity contribution in [2.75, 3.05) is 5.43 Å². The number of pyridine rings is 1. The first-order chi connectivity index (χ1) is 16.2. The van der Waals surface area contributed by atoms with Crippen LogP contribution in [0.2, 0.25) is 0 Å². The van der Waals surface area contributed by atoms with E-state index in [1.807, 2.05) is 126 Å². The molecule has 33 heavy (non-hydrogen) atoms.